The van der Waals surface area contributed by atoms with Crippen LogP contribution in [0.15, 0.2) is 18.2 Å². The zero-order valence-electron chi connectivity index (χ0n) is 9.20. The van der Waals surface area contributed by atoms with Crippen molar-refractivity contribution in [2.75, 3.05) is 16.8 Å². The van der Waals surface area contributed by atoms with Crippen LogP contribution in [0.5, 0.6) is 0 Å². The Kier molecular flexibility index (Phi) is 3.81. The average molecular weight is 272 g/mol. The Balaban J connectivity index is 2.02. The summed E-state index contributed by atoms with van der Waals surface area (Å²) in [7, 11) is 0. The van der Waals surface area contributed by atoms with Crippen molar-refractivity contribution in [1.29, 1.82) is 0 Å². The molecule has 0 aromatic heterocycles. The Morgan fingerprint density at radius 3 is 2.83 bits per heavy atom. The highest BCUT2D eigenvalue weighted by atomic mass is 32.2. The smallest absolute Gasteiger partial charge is 0.247 e. The van der Waals surface area contributed by atoms with Gasteiger partial charge in [-0.2, -0.15) is 0 Å². The van der Waals surface area contributed by atoms with Crippen LogP contribution < -0.4 is 10.6 Å². The first-order valence-corrected chi connectivity index (χ1v) is 6.35. The summed E-state index contributed by atoms with van der Waals surface area (Å²) in [5.41, 5.74) is 0.156. The third-order valence-corrected chi connectivity index (χ3v) is 3.39. The predicted molar refractivity (Wildman–Crippen MR) is 64.2 cm³/mol. The van der Waals surface area contributed by atoms with E-state index in [0.717, 1.165) is 12.1 Å². The molecule has 1 fully saturated rings. The van der Waals surface area contributed by atoms with Crippen molar-refractivity contribution in [1.82, 2.24) is 5.32 Å². The van der Waals surface area contributed by atoms with Crippen LogP contribution in [0.1, 0.15) is 0 Å². The highest BCUT2D eigenvalue weighted by Crippen LogP contribution is 2.15. The highest BCUT2D eigenvalue weighted by Gasteiger charge is 2.25. The van der Waals surface area contributed by atoms with Crippen molar-refractivity contribution in [3.63, 3.8) is 0 Å². The third-order valence-electron chi connectivity index (χ3n) is 2.36. The maximum Gasteiger partial charge on any atom is 0.247 e. The molecule has 18 heavy (non-hydrogen) atoms. The molecule has 1 heterocycles. The van der Waals surface area contributed by atoms with Crippen LogP contribution >= 0.6 is 11.8 Å². The molecule has 0 aliphatic carbocycles. The first-order valence-electron chi connectivity index (χ1n) is 5.19. The summed E-state index contributed by atoms with van der Waals surface area (Å²) in [6, 6.07) is 2.43. The van der Waals surface area contributed by atoms with E-state index in [0.29, 0.717) is 11.5 Å². The fourth-order valence-corrected chi connectivity index (χ4v) is 2.35. The molecule has 1 aliphatic rings. The van der Waals surface area contributed by atoms with Crippen molar-refractivity contribution in [2.24, 2.45) is 0 Å². The van der Waals surface area contributed by atoms with E-state index in [1.807, 2.05) is 0 Å². The van der Waals surface area contributed by atoms with Gasteiger partial charge in [-0.05, 0) is 12.1 Å². The van der Waals surface area contributed by atoms with Gasteiger partial charge in [0.2, 0.25) is 11.8 Å². The molecule has 2 rings (SSSR count). The van der Waals surface area contributed by atoms with Crippen LogP contribution in [-0.4, -0.2) is 29.4 Å². The minimum atomic E-state index is -1.03. The van der Waals surface area contributed by atoms with Gasteiger partial charge in [-0.25, -0.2) is 8.78 Å². The van der Waals surface area contributed by atoms with E-state index in [-0.39, 0.29) is 11.6 Å². The van der Waals surface area contributed by atoms with E-state index in [1.54, 1.807) is 0 Å². The summed E-state index contributed by atoms with van der Waals surface area (Å²) in [4.78, 5) is 22.9. The Labute approximate surface area is 106 Å². The van der Waals surface area contributed by atoms with E-state index in [1.165, 1.54) is 17.8 Å². The van der Waals surface area contributed by atoms with Gasteiger partial charge in [0.05, 0.1) is 5.75 Å². The molecule has 7 heteroatoms. The van der Waals surface area contributed by atoms with Gasteiger partial charge in [-0.1, -0.05) is 0 Å². The molecular weight excluding hydrogens is 262 g/mol. The molecule has 0 bridgehead atoms. The van der Waals surface area contributed by atoms with Crippen LogP contribution in [0.3, 0.4) is 0 Å². The number of anilines is 1. The standard InChI is InChI=1S/C11H10F2N2O2S/c12-7-2-1-6(3-8(7)13)14-11(17)9-4-18-5-10(16)15-9/h1-3,9H,4-5H2,(H,14,17)(H,15,16). The third kappa shape index (κ3) is 2.98. The molecule has 1 unspecified atom stereocenters. The second-order valence-electron chi connectivity index (χ2n) is 3.75. The summed E-state index contributed by atoms with van der Waals surface area (Å²) in [5.74, 6) is -1.88. The molecule has 2 N–H and O–H groups in total. The highest BCUT2D eigenvalue weighted by molar-refractivity contribution is 8.00. The monoisotopic (exact) mass is 272 g/mol. The van der Waals surface area contributed by atoms with Gasteiger partial charge in [0.1, 0.15) is 6.04 Å². The molecule has 1 atom stereocenters. The zero-order chi connectivity index (χ0) is 13.1. The van der Waals surface area contributed by atoms with Crippen molar-refractivity contribution in [3.05, 3.63) is 29.8 Å². The van der Waals surface area contributed by atoms with Crippen molar-refractivity contribution in [3.8, 4) is 0 Å². The number of amides is 2. The number of thioether (sulfide) groups is 1. The average Bonchev–Trinajstić information content (AvgIpc) is 2.34. The molecule has 1 aliphatic heterocycles. The summed E-state index contributed by atoms with van der Waals surface area (Å²) < 4.78 is 25.6. The number of nitrogens with one attached hydrogen (secondary N) is 2. The lowest BCUT2D eigenvalue weighted by atomic mass is 10.2. The number of hydrogen-bond donors (Lipinski definition) is 2. The second-order valence-corrected chi connectivity index (χ2v) is 4.78. The van der Waals surface area contributed by atoms with Gasteiger partial charge in [0, 0.05) is 17.5 Å². The first-order chi connectivity index (χ1) is 8.56. The van der Waals surface area contributed by atoms with Crippen molar-refractivity contribution in [2.45, 2.75) is 6.04 Å². The maximum absolute atomic E-state index is 12.9. The van der Waals surface area contributed by atoms with E-state index < -0.39 is 23.6 Å². The lowest BCUT2D eigenvalue weighted by molar-refractivity contribution is -0.124. The molecule has 1 aromatic rings. The minimum absolute atomic E-state index is 0.156. The molecule has 4 nitrogen and oxygen atoms in total. The van der Waals surface area contributed by atoms with Gasteiger partial charge >= 0.3 is 0 Å². The van der Waals surface area contributed by atoms with Crippen molar-refractivity contribution >= 4 is 29.3 Å². The Morgan fingerprint density at radius 2 is 2.17 bits per heavy atom. The Hall–Kier alpha value is -1.63. The lowest BCUT2D eigenvalue weighted by Crippen LogP contribution is -2.49. The fourth-order valence-electron chi connectivity index (χ4n) is 1.49. The van der Waals surface area contributed by atoms with E-state index in [4.69, 9.17) is 0 Å². The maximum atomic E-state index is 12.9. The molecule has 0 spiro atoms. The quantitative estimate of drug-likeness (QED) is 0.848. The van der Waals surface area contributed by atoms with E-state index >= 15 is 0 Å². The van der Waals surface area contributed by atoms with E-state index in [9.17, 15) is 18.4 Å². The summed E-state index contributed by atoms with van der Waals surface area (Å²) in [6.07, 6.45) is 0. The van der Waals surface area contributed by atoms with Gasteiger partial charge < -0.3 is 10.6 Å². The molecule has 0 radical (unpaired) electrons. The molecule has 1 saturated heterocycles. The largest absolute Gasteiger partial charge is 0.343 e. The molecule has 1 aromatic carbocycles. The number of halogens is 2. The Bertz CT molecular complexity index is 496. The molecule has 96 valence electrons. The molecule has 0 saturated carbocycles. The Morgan fingerprint density at radius 1 is 1.39 bits per heavy atom. The number of rotatable bonds is 2. The first kappa shape index (κ1) is 12.8. The van der Waals surface area contributed by atoms with Gasteiger partial charge in [0.15, 0.2) is 11.6 Å². The van der Waals surface area contributed by atoms with Gasteiger partial charge in [0.25, 0.3) is 0 Å². The van der Waals surface area contributed by atoms with Crippen LogP contribution in [0.2, 0.25) is 0 Å². The molecular formula is C11H10F2N2O2S. The number of carbonyl (C=O) groups excluding carboxylic acids is 2. The summed E-state index contributed by atoms with van der Waals surface area (Å²) in [5, 5.41) is 4.95. The minimum Gasteiger partial charge on any atom is -0.343 e. The molecule has 2 amide bonds. The van der Waals surface area contributed by atoms with Crippen LogP contribution in [0, 0.1) is 11.6 Å². The van der Waals surface area contributed by atoms with Gasteiger partial charge in [-0.15, -0.1) is 11.8 Å². The topological polar surface area (TPSA) is 58.2 Å². The SMILES string of the molecule is O=C1CSCC(C(=O)Nc2ccc(F)c(F)c2)N1. The zero-order valence-corrected chi connectivity index (χ0v) is 10.0. The number of carbonyl (C=O) groups is 2. The second kappa shape index (κ2) is 5.34. The normalized spacial score (nSPS) is 19.2. The van der Waals surface area contributed by atoms with Crippen LogP contribution in [0.25, 0.3) is 0 Å². The summed E-state index contributed by atoms with van der Waals surface area (Å²) in [6.45, 7) is 0. The van der Waals surface area contributed by atoms with E-state index in [2.05, 4.69) is 10.6 Å². The van der Waals surface area contributed by atoms with Gasteiger partial charge in [-0.3, -0.25) is 9.59 Å². The number of benzene rings is 1. The lowest BCUT2D eigenvalue weighted by Gasteiger charge is -2.22. The fraction of sp³-hybridized carbons (Fsp3) is 0.273. The van der Waals surface area contributed by atoms with Crippen LogP contribution in [0.4, 0.5) is 14.5 Å². The summed E-state index contributed by atoms with van der Waals surface area (Å²) >= 11 is 1.35. The number of hydrogen-bond acceptors (Lipinski definition) is 3. The van der Waals surface area contributed by atoms with Crippen molar-refractivity contribution < 1.29 is 18.4 Å². The van der Waals surface area contributed by atoms with Crippen LogP contribution in [-0.2, 0) is 9.59 Å². The predicted octanol–water partition coefficient (Wildman–Crippen LogP) is 1.13.